The summed E-state index contributed by atoms with van der Waals surface area (Å²) in [6.45, 7) is 7.99. The molecule has 2 heterocycles. The molecular formula is C34H42N2O4. The summed E-state index contributed by atoms with van der Waals surface area (Å²) in [5.74, 6) is 0.150. The number of para-hydroxylation sites is 1. The Balaban J connectivity index is 0.000000312. The number of unbranched alkanes of at least 4 members (excludes halogenated alkanes) is 1. The van der Waals surface area contributed by atoms with Gasteiger partial charge in [-0.3, -0.25) is 9.59 Å². The van der Waals surface area contributed by atoms with Gasteiger partial charge in [-0.2, -0.15) is 0 Å². The SMILES string of the molecule is CC1CC(N2CCCc3cc(OCCCCC(=O)O)ccc32)c2ccccc2N1C.Cc1ccc(C=O)cc1C. The number of fused-ring (bicyclic) bond motifs is 2. The van der Waals surface area contributed by atoms with Crippen LogP contribution in [0.1, 0.15) is 77.7 Å². The fourth-order valence-corrected chi connectivity index (χ4v) is 5.65. The first kappa shape index (κ1) is 29.2. The summed E-state index contributed by atoms with van der Waals surface area (Å²) < 4.78 is 5.90. The van der Waals surface area contributed by atoms with Gasteiger partial charge in [0.05, 0.1) is 12.6 Å². The number of ether oxygens (including phenoxy) is 1. The van der Waals surface area contributed by atoms with Gasteiger partial charge >= 0.3 is 5.97 Å². The highest BCUT2D eigenvalue weighted by Gasteiger charge is 2.33. The molecule has 0 bridgehead atoms. The van der Waals surface area contributed by atoms with Crippen molar-refractivity contribution >= 4 is 23.6 Å². The molecule has 0 aromatic heterocycles. The van der Waals surface area contributed by atoms with Crippen LogP contribution in [0.15, 0.2) is 60.7 Å². The van der Waals surface area contributed by atoms with Crippen LogP contribution in [0.3, 0.4) is 0 Å². The lowest BCUT2D eigenvalue weighted by Crippen LogP contribution is -2.43. The number of rotatable bonds is 8. The number of carbonyl (C=O) groups is 2. The number of aldehydes is 1. The van der Waals surface area contributed by atoms with E-state index in [1.807, 2.05) is 32.0 Å². The molecule has 0 amide bonds. The maximum atomic E-state index is 10.6. The minimum Gasteiger partial charge on any atom is -0.494 e. The van der Waals surface area contributed by atoms with Crippen molar-refractivity contribution in [3.63, 3.8) is 0 Å². The topological polar surface area (TPSA) is 70.1 Å². The normalized spacial score (nSPS) is 17.7. The summed E-state index contributed by atoms with van der Waals surface area (Å²) in [7, 11) is 2.20. The van der Waals surface area contributed by atoms with Gasteiger partial charge in [-0.15, -0.1) is 0 Å². The number of hydrogen-bond donors (Lipinski definition) is 1. The molecule has 0 aliphatic carbocycles. The van der Waals surface area contributed by atoms with E-state index in [1.54, 1.807) is 0 Å². The van der Waals surface area contributed by atoms with Gasteiger partial charge in [0, 0.05) is 43.0 Å². The Bertz CT molecular complexity index is 1320. The third-order valence-electron chi connectivity index (χ3n) is 8.20. The van der Waals surface area contributed by atoms with Crippen molar-refractivity contribution in [1.29, 1.82) is 0 Å². The monoisotopic (exact) mass is 542 g/mol. The zero-order valence-electron chi connectivity index (χ0n) is 24.2. The van der Waals surface area contributed by atoms with Gasteiger partial charge in [0.15, 0.2) is 0 Å². The smallest absolute Gasteiger partial charge is 0.303 e. The van der Waals surface area contributed by atoms with Crippen LogP contribution < -0.4 is 14.5 Å². The Labute approximate surface area is 238 Å². The van der Waals surface area contributed by atoms with Crippen molar-refractivity contribution < 1.29 is 19.4 Å². The average molecular weight is 543 g/mol. The van der Waals surface area contributed by atoms with Crippen molar-refractivity contribution in [2.24, 2.45) is 0 Å². The first-order valence-electron chi connectivity index (χ1n) is 14.4. The first-order chi connectivity index (χ1) is 19.3. The lowest BCUT2D eigenvalue weighted by Gasteiger charge is -2.45. The van der Waals surface area contributed by atoms with Gasteiger partial charge in [-0.25, -0.2) is 0 Å². The molecule has 2 aliphatic rings. The number of aliphatic carboxylic acids is 1. The second-order valence-electron chi connectivity index (χ2n) is 11.0. The largest absolute Gasteiger partial charge is 0.494 e. The van der Waals surface area contributed by atoms with Crippen molar-refractivity contribution in [1.82, 2.24) is 0 Å². The number of carbonyl (C=O) groups excluding carboxylic acids is 1. The molecule has 0 fully saturated rings. The van der Waals surface area contributed by atoms with E-state index in [0.29, 0.717) is 25.1 Å². The van der Waals surface area contributed by atoms with E-state index in [2.05, 4.69) is 66.2 Å². The van der Waals surface area contributed by atoms with Crippen molar-refractivity contribution in [3.05, 3.63) is 88.5 Å². The fraction of sp³-hybridized carbons (Fsp3) is 0.412. The van der Waals surface area contributed by atoms with E-state index >= 15 is 0 Å². The molecule has 0 spiro atoms. The summed E-state index contributed by atoms with van der Waals surface area (Å²) in [6.07, 6.45) is 5.84. The number of aryl methyl sites for hydroxylation is 3. The predicted molar refractivity (Wildman–Crippen MR) is 162 cm³/mol. The first-order valence-corrected chi connectivity index (χ1v) is 14.4. The molecule has 2 atom stereocenters. The van der Waals surface area contributed by atoms with Crippen LogP contribution in [0.25, 0.3) is 0 Å². The van der Waals surface area contributed by atoms with Crippen molar-refractivity contribution in [3.8, 4) is 5.75 Å². The van der Waals surface area contributed by atoms with E-state index in [9.17, 15) is 9.59 Å². The van der Waals surface area contributed by atoms with Crippen LogP contribution in [0.4, 0.5) is 11.4 Å². The van der Waals surface area contributed by atoms with Crippen LogP contribution >= 0.6 is 0 Å². The molecule has 1 N–H and O–H groups in total. The molecule has 3 aromatic carbocycles. The second-order valence-corrected chi connectivity index (χ2v) is 11.0. The number of carboxylic acids is 1. The zero-order chi connectivity index (χ0) is 28.6. The van der Waals surface area contributed by atoms with Gasteiger partial charge in [0.2, 0.25) is 0 Å². The van der Waals surface area contributed by atoms with Crippen molar-refractivity contribution in [2.45, 2.75) is 71.4 Å². The van der Waals surface area contributed by atoms with E-state index < -0.39 is 5.97 Å². The van der Waals surface area contributed by atoms with Gasteiger partial charge in [0.1, 0.15) is 12.0 Å². The summed E-state index contributed by atoms with van der Waals surface area (Å²) in [5, 5.41) is 8.74. The van der Waals surface area contributed by atoms with E-state index in [-0.39, 0.29) is 6.42 Å². The van der Waals surface area contributed by atoms with E-state index in [4.69, 9.17) is 9.84 Å². The maximum Gasteiger partial charge on any atom is 0.303 e. The second kappa shape index (κ2) is 13.5. The molecule has 0 saturated carbocycles. The average Bonchev–Trinajstić information content (AvgIpc) is 2.96. The van der Waals surface area contributed by atoms with Crippen LogP contribution in [0.2, 0.25) is 0 Å². The molecule has 40 heavy (non-hydrogen) atoms. The van der Waals surface area contributed by atoms with Crippen molar-refractivity contribution in [2.75, 3.05) is 30.0 Å². The third-order valence-corrected chi connectivity index (χ3v) is 8.20. The number of hydrogen-bond acceptors (Lipinski definition) is 5. The minimum atomic E-state index is -0.742. The van der Waals surface area contributed by atoms with Crippen LogP contribution in [0, 0.1) is 13.8 Å². The molecule has 212 valence electrons. The zero-order valence-corrected chi connectivity index (χ0v) is 24.2. The molecular weight excluding hydrogens is 500 g/mol. The molecule has 2 aliphatic heterocycles. The third kappa shape index (κ3) is 7.04. The standard InChI is InChI=1S/C25H32N2O3.C9H10O/c1-18-16-24(21-9-3-4-10-23(21)26(18)2)27-14-7-8-19-17-20(12-13-22(19)27)30-15-6-5-11-25(28)29;1-7-3-4-9(6-10)5-8(7)2/h3-4,9-10,12-13,17-18,24H,5-8,11,14-16H2,1-2H3,(H,28,29);3-6H,1-2H3. The Kier molecular flexibility index (Phi) is 9.86. The predicted octanol–water partition coefficient (Wildman–Crippen LogP) is 7.16. The number of benzene rings is 3. The Morgan fingerprint density at radius 1 is 1.02 bits per heavy atom. The van der Waals surface area contributed by atoms with Gasteiger partial charge < -0.3 is 19.6 Å². The summed E-state index contributed by atoms with van der Waals surface area (Å²) >= 11 is 0. The highest BCUT2D eigenvalue weighted by atomic mass is 16.5. The number of nitrogens with zero attached hydrogens (tertiary/aromatic N) is 2. The van der Waals surface area contributed by atoms with Crippen LogP contribution in [-0.2, 0) is 11.2 Å². The Morgan fingerprint density at radius 2 is 1.82 bits per heavy atom. The highest BCUT2D eigenvalue weighted by molar-refractivity contribution is 5.75. The van der Waals surface area contributed by atoms with E-state index in [0.717, 1.165) is 49.8 Å². The minimum absolute atomic E-state index is 0.207. The molecule has 3 aromatic rings. The molecule has 6 heteroatoms. The lowest BCUT2D eigenvalue weighted by molar-refractivity contribution is -0.137. The number of carboxylic acid groups (broad SMARTS) is 1. The summed E-state index contributed by atoms with van der Waals surface area (Å²) in [4.78, 5) is 25.9. The maximum absolute atomic E-state index is 10.6. The molecule has 2 unspecified atom stereocenters. The Morgan fingerprint density at radius 3 is 2.58 bits per heavy atom. The summed E-state index contributed by atoms with van der Waals surface area (Å²) in [5.41, 5.74) is 8.60. The van der Waals surface area contributed by atoms with Gasteiger partial charge in [0.25, 0.3) is 0 Å². The number of anilines is 2. The summed E-state index contributed by atoms with van der Waals surface area (Å²) in [6, 6.07) is 21.9. The quantitative estimate of drug-likeness (QED) is 0.241. The Hall–Kier alpha value is -3.80. The van der Waals surface area contributed by atoms with Gasteiger partial charge in [-0.05, 0) is 105 Å². The molecule has 6 nitrogen and oxygen atoms in total. The molecule has 0 saturated heterocycles. The van der Waals surface area contributed by atoms with Crippen LogP contribution in [-0.4, -0.2) is 43.6 Å². The van der Waals surface area contributed by atoms with Gasteiger partial charge in [-0.1, -0.05) is 30.3 Å². The highest BCUT2D eigenvalue weighted by Crippen LogP contribution is 2.44. The van der Waals surface area contributed by atoms with Crippen LogP contribution in [0.5, 0.6) is 5.75 Å². The lowest BCUT2D eigenvalue weighted by atomic mass is 9.88. The molecule has 0 radical (unpaired) electrons. The fourth-order valence-electron chi connectivity index (χ4n) is 5.65. The van der Waals surface area contributed by atoms with E-state index in [1.165, 1.54) is 33.6 Å². The molecule has 5 rings (SSSR count).